The fraction of sp³-hybridized carbons (Fsp3) is 0.571. The molecule has 2 atom stereocenters. The molecule has 0 radical (unpaired) electrons. The molecular weight excluding hydrogens is 261 g/mol. The van der Waals surface area contributed by atoms with E-state index in [0.29, 0.717) is 18.6 Å². The van der Waals surface area contributed by atoms with Gasteiger partial charge in [0.2, 0.25) is 0 Å². The van der Waals surface area contributed by atoms with Gasteiger partial charge < -0.3 is 14.4 Å². The summed E-state index contributed by atoms with van der Waals surface area (Å²) in [5.74, 6) is 5.53. The molecule has 1 heterocycles. The standard InChI is InChI=1S/C14H22FN3O2/c1-18-6-7-20-13(9-18)11(17-16)8-10-4-3-5-12(19-2)14(10)15/h3-5,11,13,17H,6-9,16H2,1-2H3. The summed E-state index contributed by atoms with van der Waals surface area (Å²) in [7, 11) is 3.50. The SMILES string of the molecule is COc1cccc(CC(NN)C2CN(C)CCO2)c1F. The second kappa shape index (κ2) is 6.99. The van der Waals surface area contributed by atoms with Crippen LogP contribution in [-0.4, -0.2) is 50.9 Å². The van der Waals surface area contributed by atoms with Crippen LogP contribution in [0, 0.1) is 5.82 Å². The van der Waals surface area contributed by atoms with Gasteiger partial charge in [-0.1, -0.05) is 12.1 Å². The molecule has 1 aliphatic rings. The summed E-state index contributed by atoms with van der Waals surface area (Å²) in [5, 5.41) is 0. The van der Waals surface area contributed by atoms with E-state index in [1.165, 1.54) is 7.11 Å². The van der Waals surface area contributed by atoms with Crippen molar-refractivity contribution < 1.29 is 13.9 Å². The number of hydrazine groups is 1. The Kier molecular flexibility index (Phi) is 5.31. The van der Waals surface area contributed by atoms with Crippen molar-refractivity contribution in [3.8, 4) is 5.75 Å². The van der Waals surface area contributed by atoms with E-state index in [9.17, 15) is 4.39 Å². The highest BCUT2D eigenvalue weighted by Crippen LogP contribution is 2.22. The highest BCUT2D eigenvalue weighted by molar-refractivity contribution is 5.31. The first-order valence-corrected chi connectivity index (χ1v) is 6.73. The van der Waals surface area contributed by atoms with Crippen LogP contribution in [0.2, 0.25) is 0 Å². The van der Waals surface area contributed by atoms with E-state index in [-0.39, 0.29) is 23.7 Å². The highest BCUT2D eigenvalue weighted by Gasteiger charge is 2.27. The number of halogens is 1. The van der Waals surface area contributed by atoms with Gasteiger partial charge in [-0.2, -0.15) is 0 Å². The number of nitrogens with one attached hydrogen (secondary N) is 1. The van der Waals surface area contributed by atoms with Crippen molar-refractivity contribution in [2.75, 3.05) is 33.9 Å². The van der Waals surface area contributed by atoms with Gasteiger partial charge in [0.25, 0.3) is 0 Å². The van der Waals surface area contributed by atoms with E-state index >= 15 is 0 Å². The summed E-state index contributed by atoms with van der Waals surface area (Å²) in [5.41, 5.74) is 3.32. The molecule has 0 amide bonds. The van der Waals surface area contributed by atoms with Crippen molar-refractivity contribution in [1.82, 2.24) is 10.3 Å². The number of morpholine rings is 1. The Hall–Kier alpha value is -1.21. The van der Waals surface area contributed by atoms with Crippen LogP contribution in [0.4, 0.5) is 4.39 Å². The average molecular weight is 283 g/mol. The van der Waals surface area contributed by atoms with Gasteiger partial charge in [-0.05, 0) is 25.1 Å². The molecule has 20 heavy (non-hydrogen) atoms. The molecule has 2 rings (SSSR count). The third-order valence-corrected chi connectivity index (χ3v) is 3.66. The molecule has 0 spiro atoms. The molecule has 0 aromatic heterocycles. The van der Waals surface area contributed by atoms with E-state index < -0.39 is 0 Å². The van der Waals surface area contributed by atoms with Crippen molar-refractivity contribution in [1.29, 1.82) is 0 Å². The Labute approximate surface area is 118 Å². The zero-order chi connectivity index (χ0) is 14.5. The Morgan fingerprint density at radius 3 is 3.05 bits per heavy atom. The molecule has 2 unspecified atom stereocenters. The van der Waals surface area contributed by atoms with Crippen molar-refractivity contribution in [3.05, 3.63) is 29.6 Å². The Bertz CT molecular complexity index is 444. The number of nitrogens with zero attached hydrogens (tertiary/aromatic N) is 1. The molecule has 1 aromatic rings. The maximum absolute atomic E-state index is 14.2. The van der Waals surface area contributed by atoms with Crippen LogP contribution in [-0.2, 0) is 11.2 Å². The summed E-state index contributed by atoms with van der Waals surface area (Å²) < 4.78 is 24.9. The lowest BCUT2D eigenvalue weighted by Crippen LogP contribution is -2.54. The van der Waals surface area contributed by atoms with Gasteiger partial charge in [0.05, 0.1) is 25.9 Å². The largest absolute Gasteiger partial charge is 0.494 e. The number of methoxy groups -OCH3 is 1. The van der Waals surface area contributed by atoms with Crippen LogP contribution in [0.15, 0.2) is 18.2 Å². The first kappa shape index (κ1) is 15.2. The summed E-state index contributed by atoms with van der Waals surface area (Å²) in [6.45, 7) is 2.35. The number of hydrogen-bond acceptors (Lipinski definition) is 5. The van der Waals surface area contributed by atoms with Crippen LogP contribution in [0.3, 0.4) is 0 Å². The van der Waals surface area contributed by atoms with E-state index in [2.05, 4.69) is 10.3 Å². The minimum Gasteiger partial charge on any atom is -0.494 e. The number of nitrogens with two attached hydrogens (primary N) is 1. The van der Waals surface area contributed by atoms with Gasteiger partial charge >= 0.3 is 0 Å². The topological polar surface area (TPSA) is 59.8 Å². The van der Waals surface area contributed by atoms with Crippen molar-refractivity contribution in [2.45, 2.75) is 18.6 Å². The van der Waals surface area contributed by atoms with Crippen LogP contribution in [0.5, 0.6) is 5.75 Å². The predicted octanol–water partition coefficient (Wildman–Crippen LogP) is 0.539. The quantitative estimate of drug-likeness (QED) is 0.610. The second-order valence-electron chi connectivity index (χ2n) is 5.08. The van der Waals surface area contributed by atoms with Crippen molar-refractivity contribution in [3.63, 3.8) is 0 Å². The zero-order valence-electron chi connectivity index (χ0n) is 11.9. The minimum atomic E-state index is -0.334. The normalized spacial score (nSPS) is 21.7. The van der Waals surface area contributed by atoms with Gasteiger partial charge in [-0.15, -0.1) is 0 Å². The van der Waals surface area contributed by atoms with Gasteiger partial charge in [-0.25, -0.2) is 4.39 Å². The van der Waals surface area contributed by atoms with Gasteiger partial charge in [-0.3, -0.25) is 11.3 Å². The number of benzene rings is 1. The van der Waals surface area contributed by atoms with E-state index in [0.717, 1.165) is 13.1 Å². The molecule has 6 heteroatoms. The lowest BCUT2D eigenvalue weighted by Gasteiger charge is -2.35. The first-order chi connectivity index (χ1) is 9.65. The number of rotatable bonds is 5. The summed E-state index contributed by atoms with van der Waals surface area (Å²) >= 11 is 0. The van der Waals surface area contributed by atoms with Crippen LogP contribution >= 0.6 is 0 Å². The molecule has 1 fully saturated rings. The van der Waals surface area contributed by atoms with E-state index in [1.54, 1.807) is 18.2 Å². The number of ether oxygens (including phenoxy) is 2. The summed E-state index contributed by atoms with van der Waals surface area (Å²) in [6, 6.07) is 4.99. The molecule has 0 bridgehead atoms. The molecule has 1 aliphatic heterocycles. The van der Waals surface area contributed by atoms with Crippen LogP contribution in [0.25, 0.3) is 0 Å². The third-order valence-electron chi connectivity index (χ3n) is 3.66. The van der Waals surface area contributed by atoms with E-state index in [1.807, 2.05) is 7.05 Å². The summed E-state index contributed by atoms with van der Waals surface area (Å²) in [6.07, 6.45) is 0.405. The second-order valence-corrected chi connectivity index (χ2v) is 5.08. The molecular formula is C14H22FN3O2. The first-order valence-electron chi connectivity index (χ1n) is 6.73. The minimum absolute atomic E-state index is 0.0515. The van der Waals surface area contributed by atoms with Gasteiger partial charge in [0, 0.05) is 13.1 Å². The van der Waals surface area contributed by atoms with Crippen LogP contribution < -0.4 is 16.0 Å². The molecule has 1 aromatic carbocycles. The Morgan fingerprint density at radius 1 is 1.60 bits per heavy atom. The van der Waals surface area contributed by atoms with Crippen molar-refractivity contribution in [2.24, 2.45) is 5.84 Å². The molecule has 1 saturated heterocycles. The third kappa shape index (κ3) is 3.46. The van der Waals surface area contributed by atoms with E-state index in [4.69, 9.17) is 15.3 Å². The average Bonchev–Trinajstić information content (AvgIpc) is 2.46. The fourth-order valence-electron chi connectivity index (χ4n) is 2.46. The van der Waals surface area contributed by atoms with Crippen molar-refractivity contribution >= 4 is 0 Å². The maximum atomic E-state index is 14.2. The maximum Gasteiger partial charge on any atom is 0.168 e. The molecule has 112 valence electrons. The molecule has 0 saturated carbocycles. The predicted molar refractivity (Wildman–Crippen MR) is 75.0 cm³/mol. The number of hydrogen-bond donors (Lipinski definition) is 2. The van der Waals surface area contributed by atoms with Gasteiger partial charge in [0.15, 0.2) is 11.6 Å². The Balaban J connectivity index is 2.10. The smallest absolute Gasteiger partial charge is 0.168 e. The highest BCUT2D eigenvalue weighted by atomic mass is 19.1. The van der Waals surface area contributed by atoms with Gasteiger partial charge in [0.1, 0.15) is 0 Å². The zero-order valence-corrected chi connectivity index (χ0v) is 11.9. The monoisotopic (exact) mass is 283 g/mol. The lowest BCUT2D eigenvalue weighted by molar-refractivity contribution is -0.0385. The number of likely N-dealkylation sites (N-methyl/N-ethyl adjacent to an activating group) is 1. The Morgan fingerprint density at radius 2 is 2.40 bits per heavy atom. The lowest BCUT2D eigenvalue weighted by atomic mass is 10.00. The molecule has 3 N–H and O–H groups in total. The molecule has 5 nitrogen and oxygen atoms in total. The van der Waals surface area contributed by atoms with Crippen LogP contribution in [0.1, 0.15) is 5.56 Å². The summed E-state index contributed by atoms with van der Waals surface area (Å²) in [4.78, 5) is 2.18. The fourth-order valence-corrected chi connectivity index (χ4v) is 2.46. The molecule has 0 aliphatic carbocycles.